The molecule has 1 aromatic rings. The average Bonchev–Trinajstić information content (AvgIpc) is 2.93. The predicted molar refractivity (Wildman–Crippen MR) is 134 cm³/mol. The highest BCUT2D eigenvalue weighted by Gasteiger charge is 2.22. The maximum absolute atomic E-state index is 5.93. The van der Waals surface area contributed by atoms with Crippen LogP contribution in [0, 0.1) is 0 Å². The Bertz CT molecular complexity index is 700. The number of hydrogen-bond acceptors (Lipinski definition) is 5. The van der Waals surface area contributed by atoms with E-state index in [2.05, 4.69) is 51.5 Å². The summed E-state index contributed by atoms with van der Waals surface area (Å²) in [6, 6.07) is 4.24. The van der Waals surface area contributed by atoms with Crippen LogP contribution in [0.3, 0.4) is 0 Å². The Labute approximate surface area is 198 Å². The lowest BCUT2D eigenvalue weighted by molar-refractivity contribution is 0.254. The van der Waals surface area contributed by atoms with Gasteiger partial charge in [0.25, 0.3) is 0 Å². The minimum absolute atomic E-state index is 0. The van der Waals surface area contributed by atoms with Gasteiger partial charge in [-0.25, -0.2) is 0 Å². The molecule has 2 N–H and O–H groups in total. The third-order valence-electron chi connectivity index (χ3n) is 5.58. The fourth-order valence-electron chi connectivity index (χ4n) is 3.97. The summed E-state index contributed by atoms with van der Waals surface area (Å²) in [4.78, 5) is 9.30. The van der Waals surface area contributed by atoms with Crippen molar-refractivity contribution in [2.24, 2.45) is 4.99 Å². The van der Waals surface area contributed by atoms with Crippen molar-refractivity contribution in [2.45, 2.75) is 39.3 Å². The highest BCUT2D eigenvalue weighted by molar-refractivity contribution is 14.0. The van der Waals surface area contributed by atoms with Crippen molar-refractivity contribution in [2.75, 3.05) is 60.0 Å². The fraction of sp³-hybridized carbons (Fsp3) is 0.682. The normalized spacial score (nSPS) is 20.0. The van der Waals surface area contributed by atoms with Crippen LogP contribution in [-0.2, 0) is 13.0 Å². The third-order valence-corrected chi connectivity index (χ3v) is 5.58. The van der Waals surface area contributed by atoms with E-state index in [1.807, 2.05) is 14.0 Å². The molecule has 0 saturated carbocycles. The molecule has 8 heteroatoms. The smallest absolute Gasteiger partial charge is 0.191 e. The third kappa shape index (κ3) is 7.16. The first-order valence-electron chi connectivity index (χ1n) is 10.9. The topological polar surface area (TPSA) is 61.4 Å². The second-order valence-electron chi connectivity index (χ2n) is 7.98. The van der Waals surface area contributed by atoms with E-state index >= 15 is 0 Å². The zero-order valence-electron chi connectivity index (χ0n) is 18.9. The molecular formula is C22H38IN5O2. The molecule has 1 unspecified atom stereocenters. The van der Waals surface area contributed by atoms with Gasteiger partial charge in [-0.05, 0) is 52.5 Å². The highest BCUT2D eigenvalue weighted by atomic mass is 127. The first-order valence-corrected chi connectivity index (χ1v) is 10.9. The number of rotatable bonds is 7. The Morgan fingerprint density at radius 2 is 2.07 bits per heavy atom. The summed E-state index contributed by atoms with van der Waals surface area (Å²) in [6.07, 6.45) is 2.41. The second kappa shape index (κ2) is 12.6. The van der Waals surface area contributed by atoms with E-state index in [1.54, 1.807) is 0 Å². The summed E-state index contributed by atoms with van der Waals surface area (Å²) in [6.45, 7) is 12.0. The number of fused-ring (bicyclic) bond motifs is 1. The van der Waals surface area contributed by atoms with Crippen molar-refractivity contribution in [1.29, 1.82) is 0 Å². The molecule has 0 radical (unpaired) electrons. The first-order chi connectivity index (χ1) is 14.1. The maximum atomic E-state index is 5.93. The van der Waals surface area contributed by atoms with Crippen LogP contribution in [0.4, 0.5) is 0 Å². The molecule has 3 rings (SSSR count). The zero-order valence-corrected chi connectivity index (χ0v) is 21.2. The van der Waals surface area contributed by atoms with Gasteiger partial charge in [0, 0.05) is 57.3 Å². The van der Waals surface area contributed by atoms with Crippen LogP contribution in [0.1, 0.15) is 31.4 Å². The molecule has 1 aromatic carbocycles. The van der Waals surface area contributed by atoms with Crippen molar-refractivity contribution in [3.05, 3.63) is 23.3 Å². The largest absolute Gasteiger partial charge is 0.494 e. The number of nitrogens with one attached hydrogen (secondary N) is 2. The van der Waals surface area contributed by atoms with Gasteiger partial charge >= 0.3 is 0 Å². The molecule has 1 fully saturated rings. The summed E-state index contributed by atoms with van der Waals surface area (Å²) in [7, 11) is 4.02. The van der Waals surface area contributed by atoms with Crippen LogP contribution >= 0.6 is 24.0 Å². The second-order valence-corrected chi connectivity index (χ2v) is 7.98. The van der Waals surface area contributed by atoms with Crippen LogP contribution in [0.15, 0.2) is 17.1 Å². The quantitative estimate of drug-likeness (QED) is 0.320. The van der Waals surface area contributed by atoms with Crippen molar-refractivity contribution < 1.29 is 9.47 Å². The Morgan fingerprint density at radius 1 is 1.23 bits per heavy atom. The highest BCUT2D eigenvalue weighted by Crippen LogP contribution is 2.35. The molecule has 30 heavy (non-hydrogen) atoms. The lowest BCUT2D eigenvalue weighted by Crippen LogP contribution is -2.42. The SMILES string of the molecule is CCOc1cc2c(cc1CNC(=NC)NCCN1CCCN(C)CC1)OC(C)C2.I. The van der Waals surface area contributed by atoms with E-state index < -0.39 is 0 Å². The number of guanidine groups is 1. The molecule has 2 aliphatic heterocycles. The lowest BCUT2D eigenvalue weighted by atomic mass is 10.1. The van der Waals surface area contributed by atoms with Crippen molar-refractivity contribution >= 4 is 29.9 Å². The van der Waals surface area contributed by atoms with E-state index in [9.17, 15) is 0 Å². The number of nitrogens with zero attached hydrogens (tertiary/aromatic N) is 3. The number of likely N-dealkylation sites (N-methyl/N-ethyl adjacent to an activating group) is 1. The van der Waals surface area contributed by atoms with Gasteiger partial charge in [-0.15, -0.1) is 24.0 Å². The number of ether oxygens (including phenoxy) is 2. The van der Waals surface area contributed by atoms with E-state index in [-0.39, 0.29) is 30.1 Å². The molecule has 0 spiro atoms. The number of hydrogen-bond donors (Lipinski definition) is 2. The van der Waals surface area contributed by atoms with Gasteiger partial charge in [0.05, 0.1) is 6.61 Å². The minimum atomic E-state index is 0. The van der Waals surface area contributed by atoms with Gasteiger partial charge in [-0.1, -0.05) is 0 Å². The number of aliphatic imine (C=N–C) groups is 1. The molecule has 1 atom stereocenters. The molecular weight excluding hydrogens is 493 g/mol. The standard InChI is InChI=1S/C22H37N5O2.HI/c1-5-28-20-14-18-13-17(2)29-21(18)15-19(20)16-25-22(23-3)24-7-10-27-9-6-8-26(4)11-12-27;/h14-15,17H,5-13,16H2,1-4H3,(H2,23,24,25);1H. The molecule has 170 valence electrons. The van der Waals surface area contributed by atoms with Gasteiger partial charge in [0.2, 0.25) is 0 Å². The maximum Gasteiger partial charge on any atom is 0.191 e. The summed E-state index contributed by atoms with van der Waals surface area (Å²) in [5, 5.41) is 6.86. The van der Waals surface area contributed by atoms with Crippen LogP contribution < -0.4 is 20.1 Å². The van der Waals surface area contributed by atoms with E-state index in [1.165, 1.54) is 25.1 Å². The van der Waals surface area contributed by atoms with Crippen LogP contribution in [0.5, 0.6) is 11.5 Å². The van der Waals surface area contributed by atoms with E-state index in [4.69, 9.17) is 9.47 Å². The van der Waals surface area contributed by atoms with Crippen LogP contribution in [0.2, 0.25) is 0 Å². The Morgan fingerprint density at radius 3 is 2.83 bits per heavy atom. The van der Waals surface area contributed by atoms with Gasteiger partial charge in [-0.2, -0.15) is 0 Å². The van der Waals surface area contributed by atoms with Gasteiger partial charge < -0.3 is 29.9 Å². The zero-order chi connectivity index (χ0) is 20.6. The number of benzene rings is 1. The van der Waals surface area contributed by atoms with E-state index in [0.29, 0.717) is 13.2 Å². The van der Waals surface area contributed by atoms with Gasteiger partial charge in [0.1, 0.15) is 17.6 Å². The van der Waals surface area contributed by atoms with Crippen LogP contribution in [-0.4, -0.2) is 81.8 Å². The molecule has 0 aromatic heterocycles. The summed E-state index contributed by atoms with van der Waals surface area (Å²) >= 11 is 0. The molecule has 2 heterocycles. The van der Waals surface area contributed by atoms with Crippen molar-refractivity contribution in [3.63, 3.8) is 0 Å². The fourth-order valence-corrected chi connectivity index (χ4v) is 3.97. The summed E-state index contributed by atoms with van der Waals surface area (Å²) < 4.78 is 11.8. The minimum Gasteiger partial charge on any atom is -0.494 e. The average molecular weight is 531 g/mol. The van der Waals surface area contributed by atoms with Gasteiger partial charge in [0.15, 0.2) is 5.96 Å². The lowest BCUT2D eigenvalue weighted by Gasteiger charge is -2.21. The number of halogens is 1. The Kier molecular flexibility index (Phi) is 10.5. The Hall–Kier alpha value is -1.26. The molecule has 0 bridgehead atoms. The monoisotopic (exact) mass is 531 g/mol. The van der Waals surface area contributed by atoms with Gasteiger partial charge in [-0.3, -0.25) is 4.99 Å². The molecule has 7 nitrogen and oxygen atoms in total. The van der Waals surface area contributed by atoms with Crippen molar-refractivity contribution in [3.8, 4) is 11.5 Å². The molecule has 1 saturated heterocycles. The predicted octanol–water partition coefficient (Wildman–Crippen LogP) is 2.33. The first kappa shape index (κ1) is 25.0. The molecule has 2 aliphatic rings. The molecule has 0 amide bonds. The molecule has 0 aliphatic carbocycles. The summed E-state index contributed by atoms with van der Waals surface area (Å²) in [5.41, 5.74) is 2.33. The summed E-state index contributed by atoms with van der Waals surface area (Å²) in [5.74, 6) is 2.72. The van der Waals surface area contributed by atoms with E-state index in [0.717, 1.165) is 55.6 Å². The van der Waals surface area contributed by atoms with Crippen LogP contribution in [0.25, 0.3) is 0 Å². The Balaban J connectivity index is 0.00000320. The van der Waals surface area contributed by atoms with Crippen molar-refractivity contribution in [1.82, 2.24) is 20.4 Å².